The van der Waals surface area contributed by atoms with Crippen molar-refractivity contribution in [2.75, 3.05) is 13.2 Å². The van der Waals surface area contributed by atoms with E-state index in [0.717, 1.165) is 18.3 Å². The Morgan fingerprint density at radius 1 is 0.800 bits per heavy atom. The van der Waals surface area contributed by atoms with E-state index in [0.29, 0.717) is 24.7 Å². The molecule has 232 valence electrons. The maximum Gasteiger partial charge on any atom is 0.311 e. The van der Waals surface area contributed by atoms with Crippen LogP contribution in [0.15, 0.2) is 0 Å². The monoisotopic (exact) mass is 578 g/mol. The van der Waals surface area contributed by atoms with Crippen molar-refractivity contribution in [3.05, 3.63) is 0 Å². The van der Waals surface area contributed by atoms with E-state index in [4.69, 9.17) is 18.9 Å². The summed E-state index contributed by atoms with van der Waals surface area (Å²) in [5, 5.41) is 81.3. The maximum absolute atomic E-state index is 12.9. The highest BCUT2D eigenvalue weighted by molar-refractivity contribution is 5.73. The van der Waals surface area contributed by atoms with Crippen molar-refractivity contribution in [3.63, 3.8) is 0 Å². The predicted octanol–water partition coefficient (Wildman–Crippen LogP) is -2.00. The van der Waals surface area contributed by atoms with Gasteiger partial charge in [-0.3, -0.25) is 4.79 Å². The molecule has 0 radical (unpaired) electrons. The topological polar surface area (TPSA) is 216 Å². The van der Waals surface area contributed by atoms with Gasteiger partial charge in [-0.1, -0.05) is 20.3 Å². The van der Waals surface area contributed by atoms with Crippen LogP contribution in [0.5, 0.6) is 0 Å². The highest BCUT2D eigenvalue weighted by atomic mass is 16.8. The Kier molecular flexibility index (Phi) is 10.8. The standard InChI is InChI=1S/C27H46O13/c1-3-11-5-12(11)6-13-7-14(13)8-16(29)15(4-2)25(36)37-10-18-20(31)22(33)24(35)27(39-18)40-26-23(34)21(32)19(30)17(9-28)38-26/h11-24,26-35H,3-10H2,1-2H3/t11-,12-,13-,14-,15+,16+,17?,18?,19?,20?,21?,22?,23?,24?,26?,27?/m0/s1. The van der Waals surface area contributed by atoms with Crippen LogP contribution in [-0.4, -0.2) is 128 Å². The van der Waals surface area contributed by atoms with Crippen LogP contribution in [0.2, 0.25) is 0 Å². The molecule has 2 saturated heterocycles. The number of esters is 1. The molecule has 0 spiro atoms. The van der Waals surface area contributed by atoms with Crippen molar-refractivity contribution in [1.82, 2.24) is 0 Å². The number of ether oxygens (including phenoxy) is 4. The van der Waals surface area contributed by atoms with Gasteiger partial charge < -0.3 is 59.8 Å². The summed E-state index contributed by atoms with van der Waals surface area (Å²) in [5.74, 6) is 1.18. The molecule has 10 unspecified atom stereocenters. The van der Waals surface area contributed by atoms with E-state index in [-0.39, 0.29) is 0 Å². The summed E-state index contributed by atoms with van der Waals surface area (Å²) in [4.78, 5) is 12.9. The van der Waals surface area contributed by atoms with Crippen LogP contribution in [0.25, 0.3) is 0 Å². The molecule has 2 aliphatic heterocycles. The lowest BCUT2D eigenvalue weighted by molar-refractivity contribution is -0.376. The lowest BCUT2D eigenvalue weighted by Gasteiger charge is -2.44. The van der Waals surface area contributed by atoms with Crippen molar-refractivity contribution in [1.29, 1.82) is 0 Å². The lowest BCUT2D eigenvalue weighted by Crippen LogP contribution is -2.63. The first-order valence-corrected chi connectivity index (χ1v) is 14.5. The largest absolute Gasteiger partial charge is 0.463 e. The molecule has 40 heavy (non-hydrogen) atoms. The predicted molar refractivity (Wildman–Crippen MR) is 135 cm³/mol. The van der Waals surface area contributed by atoms with Crippen LogP contribution >= 0.6 is 0 Å². The number of carbonyl (C=O) groups is 1. The number of carbonyl (C=O) groups excluding carboxylic acids is 1. The molecule has 2 heterocycles. The number of aliphatic hydroxyl groups excluding tert-OH is 8. The third-order valence-electron chi connectivity index (χ3n) is 9.19. The Morgan fingerprint density at radius 2 is 1.35 bits per heavy atom. The van der Waals surface area contributed by atoms with E-state index in [9.17, 15) is 45.6 Å². The fourth-order valence-corrected chi connectivity index (χ4v) is 6.20. The molecule has 2 aliphatic carbocycles. The second kappa shape index (κ2) is 13.6. The minimum absolute atomic E-state index is 0.343. The van der Waals surface area contributed by atoms with E-state index < -0.39 is 92.6 Å². The van der Waals surface area contributed by atoms with Crippen LogP contribution < -0.4 is 0 Å². The first-order valence-electron chi connectivity index (χ1n) is 14.5. The van der Waals surface area contributed by atoms with Gasteiger partial charge >= 0.3 is 5.97 Å². The minimum atomic E-state index is -1.81. The van der Waals surface area contributed by atoms with Gasteiger partial charge in [-0.25, -0.2) is 0 Å². The summed E-state index contributed by atoms with van der Waals surface area (Å²) in [6.07, 6.45) is -11.7. The molecule has 2 saturated carbocycles. The summed E-state index contributed by atoms with van der Waals surface area (Å²) < 4.78 is 21.5. The van der Waals surface area contributed by atoms with Gasteiger partial charge in [0.25, 0.3) is 0 Å². The molecule has 13 nitrogen and oxygen atoms in total. The SMILES string of the molecule is CC[C@H]1C[C@H]1C[C@H]1C[C@H]1C[C@@H](O)[C@@H](CC)C(=O)OCC1OC(OC2OC(CO)C(O)C(O)C2O)C(O)C(O)C1O. The fraction of sp³-hybridized carbons (Fsp3) is 0.963. The van der Waals surface area contributed by atoms with Gasteiger partial charge in [0.05, 0.1) is 18.6 Å². The summed E-state index contributed by atoms with van der Waals surface area (Å²) >= 11 is 0. The Labute approximate surface area is 233 Å². The Bertz CT molecular complexity index is 828. The molecule has 0 amide bonds. The van der Waals surface area contributed by atoms with Crippen molar-refractivity contribution < 1.29 is 64.6 Å². The van der Waals surface area contributed by atoms with E-state index in [2.05, 4.69) is 6.92 Å². The van der Waals surface area contributed by atoms with E-state index in [1.54, 1.807) is 6.92 Å². The summed E-state index contributed by atoms with van der Waals surface area (Å²) in [6.45, 7) is 2.76. The quantitative estimate of drug-likeness (QED) is 0.111. The normalized spacial score (nSPS) is 46.5. The number of aliphatic hydroxyl groups is 8. The molecule has 4 fully saturated rings. The molecule has 0 bridgehead atoms. The average Bonchev–Trinajstić information content (AvgIpc) is 3.86. The van der Waals surface area contributed by atoms with Crippen LogP contribution in [0.1, 0.15) is 52.4 Å². The second-order valence-corrected chi connectivity index (χ2v) is 12.0. The number of hydrogen-bond donors (Lipinski definition) is 8. The van der Waals surface area contributed by atoms with Gasteiger partial charge in [-0.2, -0.15) is 0 Å². The first-order chi connectivity index (χ1) is 19.0. The molecule has 13 heteroatoms. The molecule has 4 rings (SSSR count). The lowest BCUT2D eigenvalue weighted by atomic mass is 9.94. The van der Waals surface area contributed by atoms with Crippen molar-refractivity contribution in [3.8, 4) is 0 Å². The third-order valence-corrected chi connectivity index (χ3v) is 9.19. The molecule has 0 aromatic rings. The zero-order valence-corrected chi connectivity index (χ0v) is 23.0. The number of hydrogen-bond acceptors (Lipinski definition) is 13. The molecule has 4 aliphatic rings. The zero-order valence-electron chi connectivity index (χ0n) is 23.0. The molecular formula is C27H46O13. The maximum atomic E-state index is 12.9. The van der Waals surface area contributed by atoms with Crippen molar-refractivity contribution in [2.24, 2.45) is 29.6 Å². The molecule has 0 aromatic heterocycles. The van der Waals surface area contributed by atoms with Gasteiger partial charge in [0, 0.05) is 0 Å². The van der Waals surface area contributed by atoms with Crippen LogP contribution in [-0.2, 0) is 23.7 Å². The average molecular weight is 579 g/mol. The van der Waals surface area contributed by atoms with Crippen molar-refractivity contribution >= 4 is 5.97 Å². The molecule has 8 N–H and O–H groups in total. The van der Waals surface area contributed by atoms with Gasteiger partial charge in [0.15, 0.2) is 12.6 Å². The smallest absolute Gasteiger partial charge is 0.311 e. The summed E-state index contributed by atoms with van der Waals surface area (Å²) in [5.41, 5.74) is 0. The van der Waals surface area contributed by atoms with Crippen LogP contribution in [0, 0.1) is 29.6 Å². The highest BCUT2D eigenvalue weighted by Gasteiger charge is 2.50. The fourth-order valence-electron chi connectivity index (χ4n) is 6.20. The minimum Gasteiger partial charge on any atom is -0.463 e. The Balaban J connectivity index is 1.28. The first kappa shape index (κ1) is 32.0. The van der Waals surface area contributed by atoms with E-state index in [1.807, 2.05) is 0 Å². The summed E-state index contributed by atoms with van der Waals surface area (Å²) in [6, 6.07) is 0. The zero-order chi connectivity index (χ0) is 29.3. The van der Waals surface area contributed by atoms with Crippen LogP contribution in [0.4, 0.5) is 0 Å². The molecule has 0 aromatic carbocycles. The molecule has 16 atom stereocenters. The third kappa shape index (κ3) is 7.14. The van der Waals surface area contributed by atoms with Gasteiger partial charge in [0.2, 0.25) is 0 Å². The van der Waals surface area contributed by atoms with Gasteiger partial charge in [-0.15, -0.1) is 0 Å². The Hall–Kier alpha value is -0.970. The second-order valence-electron chi connectivity index (χ2n) is 12.0. The summed E-state index contributed by atoms with van der Waals surface area (Å²) in [7, 11) is 0. The highest BCUT2D eigenvalue weighted by Crippen LogP contribution is 2.54. The van der Waals surface area contributed by atoms with E-state index >= 15 is 0 Å². The molecular weight excluding hydrogens is 532 g/mol. The van der Waals surface area contributed by atoms with Crippen molar-refractivity contribution in [2.45, 2.75) is 120 Å². The Morgan fingerprint density at radius 3 is 1.90 bits per heavy atom. The van der Waals surface area contributed by atoms with E-state index in [1.165, 1.54) is 19.3 Å². The van der Waals surface area contributed by atoms with Gasteiger partial charge in [0.1, 0.15) is 55.4 Å². The number of rotatable bonds is 13. The van der Waals surface area contributed by atoms with Crippen LogP contribution in [0.3, 0.4) is 0 Å². The van der Waals surface area contributed by atoms with Gasteiger partial charge in [-0.05, 0) is 55.8 Å².